The maximum atomic E-state index is 12.2. The highest BCUT2D eigenvalue weighted by molar-refractivity contribution is 6.31. The zero-order valence-corrected chi connectivity index (χ0v) is 12.7. The number of amides is 1. The van der Waals surface area contributed by atoms with Gasteiger partial charge in [0.25, 0.3) is 0 Å². The van der Waals surface area contributed by atoms with E-state index in [2.05, 4.69) is 4.74 Å². The van der Waals surface area contributed by atoms with Gasteiger partial charge in [0.1, 0.15) is 0 Å². The van der Waals surface area contributed by atoms with E-state index in [0.29, 0.717) is 10.6 Å². The van der Waals surface area contributed by atoms with Crippen molar-refractivity contribution in [1.82, 2.24) is 4.90 Å². The van der Waals surface area contributed by atoms with Crippen LogP contribution in [0.3, 0.4) is 0 Å². The number of ether oxygens (including phenoxy) is 1. The Labute approximate surface area is 132 Å². The third kappa shape index (κ3) is 3.39. The van der Waals surface area contributed by atoms with E-state index in [9.17, 15) is 14.4 Å². The van der Waals surface area contributed by atoms with Gasteiger partial charge in [0.2, 0.25) is 5.91 Å². The minimum Gasteiger partial charge on any atom is -0.481 e. The average molecular weight is 326 g/mol. The van der Waals surface area contributed by atoms with Crippen LogP contribution >= 0.6 is 11.6 Å². The molecule has 1 aromatic carbocycles. The van der Waals surface area contributed by atoms with Crippen molar-refractivity contribution in [3.05, 3.63) is 34.9 Å². The van der Waals surface area contributed by atoms with Crippen LogP contribution in [0.4, 0.5) is 0 Å². The van der Waals surface area contributed by atoms with Crippen molar-refractivity contribution >= 4 is 29.4 Å². The summed E-state index contributed by atoms with van der Waals surface area (Å²) < 4.78 is 4.66. The van der Waals surface area contributed by atoms with Crippen molar-refractivity contribution in [3.63, 3.8) is 0 Å². The van der Waals surface area contributed by atoms with E-state index < -0.39 is 23.9 Å². The number of carbonyl (C=O) groups excluding carboxylic acids is 2. The zero-order valence-electron chi connectivity index (χ0n) is 12.0. The highest BCUT2D eigenvalue weighted by Gasteiger charge is 2.40. The molecule has 0 bridgehead atoms. The van der Waals surface area contributed by atoms with E-state index in [1.807, 2.05) is 0 Å². The minimum absolute atomic E-state index is 0.0211. The Kier molecular flexibility index (Phi) is 5.03. The average Bonchev–Trinajstić information content (AvgIpc) is 2.86. The maximum Gasteiger partial charge on any atom is 0.310 e. The summed E-state index contributed by atoms with van der Waals surface area (Å²) in [6, 6.07) is 6.09. The number of rotatable bonds is 5. The van der Waals surface area contributed by atoms with Crippen molar-refractivity contribution in [1.29, 1.82) is 0 Å². The van der Waals surface area contributed by atoms with E-state index in [-0.39, 0.29) is 25.3 Å². The molecule has 1 N–H and O–H groups in total. The molecule has 0 saturated carbocycles. The number of methoxy groups -OCH3 is 1. The molecule has 2 unspecified atom stereocenters. The van der Waals surface area contributed by atoms with Crippen LogP contribution in [0.5, 0.6) is 0 Å². The third-order valence-corrected chi connectivity index (χ3v) is 4.05. The summed E-state index contributed by atoms with van der Waals surface area (Å²) in [6.45, 7) is 0.134. The highest BCUT2D eigenvalue weighted by Crippen LogP contribution is 2.34. The van der Waals surface area contributed by atoms with Gasteiger partial charge in [-0.3, -0.25) is 14.4 Å². The van der Waals surface area contributed by atoms with E-state index in [4.69, 9.17) is 16.7 Å². The molecule has 1 amide bonds. The summed E-state index contributed by atoms with van der Waals surface area (Å²) in [5.41, 5.74) is 0.561. The SMILES string of the molecule is COC(=O)C1CC(=O)N(C(CC(=O)O)c2ccccc2Cl)C1. The summed E-state index contributed by atoms with van der Waals surface area (Å²) in [7, 11) is 1.26. The number of carboxylic acids is 1. The number of likely N-dealkylation sites (tertiary alicyclic amines) is 1. The molecule has 7 heteroatoms. The fourth-order valence-corrected chi connectivity index (χ4v) is 2.92. The number of carbonyl (C=O) groups is 3. The lowest BCUT2D eigenvalue weighted by Crippen LogP contribution is -2.32. The summed E-state index contributed by atoms with van der Waals surface area (Å²) >= 11 is 6.13. The monoisotopic (exact) mass is 325 g/mol. The van der Waals surface area contributed by atoms with Crippen LogP contribution < -0.4 is 0 Å². The molecule has 1 heterocycles. The summed E-state index contributed by atoms with van der Waals surface area (Å²) in [4.78, 5) is 36.4. The molecular weight excluding hydrogens is 310 g/mol. The molecule has 1 aliphatic rings. The molecule has 0 spiro atoms. The normalized spacial score (nSPS) is 19.1. The molecule has 1 aromatic rings. The van der Waals surface area contributed by atoms with Crippen LogP contribution in [0.25, 0.3) is 0 Å². The second kappa shape index (κ2) is 6.79. The zero-order chi connectivity index (χ0) is 16.3. The lowest BCUT2D eigenvalue weighted by Gasteiger charge is -2.28. The number of hydrogen-bond acceptors (Lipinski definition) is 4. The predicted octanol–water partition coefficient (Wildman–Crippen LogP) is 1.88. The van der Waals surface area contributed by atoms with Gasteiger partial charge in [-0.2, -0.15) is 0 Å². The van der Waals surface area contributed by atoms with Gasteiger partial charge in [-0.15, -0.1) is 0 Å². The minimum atomic E-state index is -1.04. The van der Waals surface area contributed by atoms with Gasteiger partial charge >= 0.3 is 11.9 Å². The molecule has 1 fully saturated rings. The van der Waals surface area contributed by atoms with Gasteiger partial charge in [0, 0.05) is 18.0 Å². The number of benzene rings is 1. The van der Waals surface area contributed by atoms with Crippen molar-refractivity contribution < 1.29 is 24.2 Å². The van der Waals surface area contributed by atoms with Gasteiger partial charge in [-0.05, 0) is 11.6 Å². The van der Waals surface area contributed by atoms with Crippen LogP contribution in [-0.4, -0.2) is 41.5 Å². The van der Waals surface area contributed by atoms with Crippen LogP contribution in [0, 0.1) is 5.92 Å². The van der Waals surface area contributed by atoms with E-state index in [0.717, 1.165) is 0 Å². The van der Waals surface area contributed by atoms with Crippen LogP contribution in [0.2, 0.25) is 5.02 Å². The number of aliphatic carboxylic acids is 1. The standard InChI is InChI=1S/C15H16ClNO5/c1-22-15(21)9-6-13(18)17(8-9)12(7-14(19)20)10-4-2-3-5-11(10)16/h2-5,9,12H,6-8H2,1H3,(H,19,20). The number of nitrogens with zero attached hydrogens (tertiary/aromatic N) is 1. The van der Waals surface area contributed by atoms with Gasteiger partial charge in [-0.1, -0.05) is 29.8 Å². The quantitative estimate of drug-likeness (QED) is 0.836. The fraction of sp³-hybridized carbons (Fsp3) is 0.400. The van der Waals surface area contributed by atoms with Crippen LogP contribution in [0.1, 0.15) is 24.4 Å². The van der Waals surface area contributed by atoms with Crippen molar-refractivity contribution in [2.24, 2.45) is 5.92 Å². The summed E-state index contributed by atoms with van der Waals surface area (Å²) in [6.07, 6.45) is -0.253. The molecule has 22 heavy (non-hydrogen) atoms. The molecule has 0 aromatic heterocycles. The Morgan fingerprint density at radius 2 is 2.14 bits per heavy atom. The molecule has 1 aliphatic heterocycles. The first-order valence-corrected chi connectivity index (χ1v) is 7.15. The molecule has 0 aliphatic carbocycles. The number of halogens is 1. The van der Waals surface area contributed by atoms with E-state index in [1.54, 1.807) is 24.3 Å². The number of carboxylic acid groups (broad SMARTS) is 1. The first kappa shape index (κ1) is 16.3. The van der Waals surface area contributed by atoms with Gasteiger partial charge in [0.05, 0.1) is 25.5 Å². The van der Waals surface area contributed by atoms with E-state index >= 15 is 0 Å². The second-order valence-electron chi connectivity index (χ2n) is 5.11. The smallest absolute Gasteiger partial charge is 0.310 e. The predicted molar refractivity (Wildman–Crippen MR) is 78.3 cm³/mol. The van der Waals surface area contributed by atoms with Gasteiger partial charge in [-0.25, -0.2) is 0 Å². The van der Waals surface area contributed by atoms with Crippen molar-refractivity contribution in [2.75, 3.05) is 13.7 Å². The van der Waals surface area contributed by atoms with Gasteiger partial charge < -0.3 is 14.7 Å². The lowest BCUT2D eigenvalue weighted by molar-refractivity contribution is -0.145. The molecule has 1 saturated heterocycles. The Morgan fingerprint density at radius 1 is 1.45 bits per heavy atom. The topological polar surface area (TPSA) is 83.9 Å². The first-order chi connectivity index (χ1) is 10.4. The highest BCUT2D eigenvalue weighted by atomic mass is 35.5. The third-order valence-electron chi connectivity index (χ3n) is 3.70. The lowest BCUT2D eigenvalue weighted by atomic mass is 10.0. The van der Waals surface area contributed by atoms with Crippen molar-refractivity contribution in [3.8, 4) is 0 Å². The molecule has 0 radical (unpaired) electrons. The Bertz CT molecular complexity index is 603. The van der Waals surface area contributed by atoms with Crippen LogP contribution in [0.15, 0.2) is 24.3 Å². The Balaban J connectivity index is 2.30. The molecule has 2 atom stereocenters. The fourth-order valence-electron chi connectivity index (χ4n) is 2.66. The number of hydrogen-bond donors (Lipinski definition) is 1. The largest absolute Gasteiger partial charge is 0.481 e. The van der Waals surface area contributed by atoms with E-state index in [1.165, 1.54) is 12.0 Å². The first-order valence-electron chi connectivity index (χ1n) is 6.77. The molecule has 2 rings (SSSR count). The summed E-state index contributed by atoms with van der Waals surface area (Å²) in [5.74, 6) is -2.36. The second-order valence-corrected chi connectivity index (χ2v) is 5.51. The maximum absolute atomic E-state index is 12.2. The molecule has 118 valence electrons. The van der Waals surface area contributed by atoms with Gasteiger partial charge in [0.15, 0.2) is 0 Å². The Hall–Kier alpha value is -2.08. The molecule has 6 nitrogen and oxygen atoms in total. The van der Waals surface area contributed by atoms with Crippen molar-refractivity contribution in [2.45, 2.75) is 18.9 Å². The summed E-state index contributed by atoms with van der Waals surface area (Å²) in [5, 5.41) is 9.52. The Morgan fingerprint density at radius 3 is 2.73 bits per heavy atom. The molecular formula is C15H16ClNO5. The van der Waals surface area contributed by atoms with Crippen LogP contribution in [-0.2, 0) is 19.1 Å². The number of esters is 1.